The molecule has 0 spiro atoms. The van der Waals surface area contributed by atoms with E-state index in [1.807, 2.05) is 0 Å². The molecular weight excluding hydrogens is 411 g/mol. The number of carbonyl (C=O) groups is 2. The van der Waals surface area contributed by atoms with Gasteiger partial charge in [0.2, 0.25) is 5.91 Å². The van der Waals surface area contributed by atoms with Crippen molar-refractivity contribution in [3.63, 3.8) is 0 Å². The molecule has 1 N–H and O–H groups in total. The van der Waals surface area contributed by atoms with E-state index in [9.17, 15) is 22.8 Å². The Morgan fingerprint density at radius 1 is 1.10 bits per heavy atom. The lowest BCUT2D eigenvalue weighted by Crippen LogP contribution is -2.58. The zero-order valence-electron chi connectivity index (χ0n) is 17.8. The fourth-order valence-electron chi connectivity index (χ4n) is 4.52. The van der Waals surface area contributed by atoms with Crippen molar-refractivity contribution in [2.45, 2.75) is 37.9 Å². The van der Waals surface area contributed by atoms with Gasteiger partial charge >= 0.3 is 6.18 Å². The third-order valence-electron chi connectivity index (χ3n) is 6.17. The molecule has 31 heavy (non-hydrogen) atoms. The van der Waals surface area contributed by atoms with Gasteiger partial charge in [0.1, 0.15) is 0 Å². The molecule has 3 rings (SSSR count). The molecule has 1 saturated heterocycles. The number of nitrogens with one attached hydrogen (secondary N) is 1. The van der Waals surface area contributed by atoms with Crippen LogP contribution in [0.25, 0.3) is 0 Å². The molecule has 6 nitrogen and oxygen atoms in total. The second kappa shape index (κ2) is 10.5. The van der Waals surface area contributed by atoms with E-state index in [0.29, 0.717) is 45.2 Å². The van der Waals surface area contributed by atoms with Crippen molar-refractivity contribution < 1.29 is 27.5 Å². The average Bonchev–Trinajstić information content (AvgIpc) is 3.28. The Hall–Kier alpha value is -2.13. The Bertz CT molecular complexity index is 741. The van der Waals surface area contributed by atoms with E-state index in [2.05, 4.69) is 10.2 Å². The molecule has 1 saturated carbocycles. The zero-order chi connectivity index (χ0) is 22.4. The van der Waals surface area contributed by atoms with Crippen LogP contribution in [0, 0.1) is 5.92 Å². The number of piperazine rings is 1. The molecule has 172 valence electrons. The van der Waals surface area contributed by atoms with Gasteiger partial charge in [0, 0.05) is 45.4 Å². The molecule has 0 unspecified atom stereocenters. The maximum atomic E-state index is 12.9. The Morgan fingerprint density at radius 3 is 2.26 bits per heavy atom. The minimum absolute atomic E-state index is 0.00599. The maximum Gasteiger partial charge on any atom is 0.416 e. The van der Waals surface area contributed by atoms with Gasteiger partial charge in [0.25, 0.3) is 5.91 Å². The lowest BCUT2D eigenvalue weighted by atomic mass is 9.95. The topological polar surface area (TPSA) is 61.9 Å². The zero-order valence-corrected chi connectivity index (χ0v) is 17.8. The first-order valence-corrected chi connectivity index (χ1v) is 10.8. The molecule has 9 heteroatoms. The molecule has 2 aliphatic rings. The summed E-state index contributed by atoms with van der Waals surface area (Å²) < 4.78 is 43.3. The number of amides is 2. The smallest absolute Gasteiger partial charge is 0.383 e. The van der Waals surface area contributed by atoms with E-state index in [-0.39, 0.29) is 23.4 Å². The number of carbonyl (C=O) groups excluding carboxylic acids is 2. The minimum Gasteiger partial charge on any atom is -0.383 e. The standard InChI is InChI=1S/C22H30F3N3O3/c1-31-15-10-26-20(29)19(16-4-2-3-5-16)27-11-13-28(14-12-27)21(30)17-6-8-18(9-7-17)22(23,24)25/h6-9,16,19H,2-5,10-15H2,1H3,(H,26,29)/t19-/m1/s1. The SMILES string of the molecule is COCCNC(=O)[C@@H](C1CCCC1)N1CCN(C(=O)c2ccc(C(F)(F)F)cc2)CC1. The number of methoxy groups -OCH3 is 1. The molecule has 2 amide bonds. The van der Waals surface area contributed by atoms with Crippen molar-refractivity contribution in [3.8, 4) is 0 Å². The highest BCUT2D eigenvalue weighted by Gasteiger charge is 2.37. The Morgan fingerprint density at radius 2 is 1.71 bits per heavy atom. The van der Waals surface area contributed by atoms with Crippen molar-refractivity contribution >= 4 is 11.8 Å². The summed E-state index contributed by atoms with van der Waals surface area (Å²) in [5.74, 6) is 0.0292. The number of halogens is 3. The monoisotopic (exact) mass is 441 g/mol. The normalized spacial score (nSPS) is 19.4. The lowest BCUT2D eigenvalue weighted by Gasteiger charge is -2.40. The second-order valence-electron chi connectivity index (χ2n) is 8.18. The third kappa shape index (κ3) is 5.98. The van der Waals surface area contributed by atoms with Crippen LogP contribution in [0.15, 0.2) is 24.3 Å². The number of alkyl halides is 3. The first kappa shape index (κ1) is 23.5. The van der Waals surface area contributed by atoms with Crippen molar-refractivity contribution in [3.05, 3.63) is 35.4 Å². The van der Waals surface area contributed by atoms with Crippen LogP contribution in [0.5, 0.6) is 0 Å². The van der Waals surface area contributed by atoms with Crippen molar-refractivity contribution in [2.24, 2.45) is 5.92 Å². The number of ether oxygens (including phenoxy) is 1. The van der Waals surface area contributed by atoms with Gasteiger partial charge < -0.3 is 15.0 Å². The average molecular weight is 441 g/mol. The summed E-state index contributed by atoms with van der Waals surface area (Å²) in [6, 6.07) is 4.10. The predicted octanol–water partition coefficient (Wildman–Crippen LogP) is 2.78. The molecule has 1 aliphatic carbocycles. The van der Waals surface area contributed by atoms with Crippen LogP contribution >= 0.6 is 0 Å². The van der Waals surface area contributed by atoms with Crippen LogP contribution in [0.1, 0.15) is 41.6 Å². The van der Waals surface area contributed by atoms with E-state index >= 15 is 0 Å². The molecule has 0 aromatic heterocycles. The van der Waals surface area contributed by atoms with Crippen LogP contribution in [0.3, 0.4) is 0 Å². The summed E-state index contributed by atoms with van der Waals surface area (Å²) in [7, 11) is 1.59. The highest BCUT2D eigenvalue weighted by atomic mass is 19.4. The van der Waals surface area contributed by atoms with E-state index in [4.69, 9.17) is 4.74 Å². The minimum atomic E-state index is -4.42. The molecule has 0 bridgehead atoms. The number of rotatable bonds is 7. The summed E-state index contributed by atoms with van der Waals surface area (Å²) >= 11 is 0. The molecular formula is C22H30F3N3O3. The molecule has 1 atom stereocenters. The van der Waals surface area contributed by atoms with Crippen LogP contribution < -0.4 is 5.32 Å². The molecule has 1 aromatic carbocycles. The van der Waals surface area contributed by atoms with Gasteiger partial charge in [-0.1, -0.05) is 12.8 Å². The molecule has 1 aliphatic heterocycles. The summed E-state index contributed by atoms with van der Waals surface area (Å²) in [4.78, 5) is 29.4. The van der Waals surface area contributed by atoms with Gasteiger partial charge in [-0.25, -0.2) is 0 Å². The van der Waals surface area contributed by atoms with Crippen LogP contribution in [-0.4, -0.2) is 74.1 Å². The summed E-state index contributed by atoms with van der Waals surface area (Å²) in [5.41, 5.74) is -0.529. The number of hydrogen-bond acceptors (Lipinski definition) is 4. The van der Waals surface area contributed by atoms with Crippen molar-refractivity contribution in [1.29, 1.82) is 0 Å². The van der Waals surface area contributed by atoms with Gasteiger partial charge in [-0.15, -0.1) is 0 Å². The number of nitrogens with zero attached hydrogens (tertiary/aromatic N) is 2. The summed E-state index contributed by atoms with van der Waals surface area (Å²) in [6.45, 7) is 2.92. The largest absolute Gasteiger partial charge is 0.416 e. The molecule has 0 radical (unpaired) electrons. The van der Waals surface area contributed by atoms with Crippen molar-refractivity contribution in [1.82, 2.24) is 15.1 Å². The predicted molar refractivity (Wildman–Crippen MR) is 110 cm³/mol. The number of hydrogen-bond donors (Lipinski definition) is 1. The quantitative estimate of drug-likeness (QED) is 0.661. The first-order chi connectivity index (χ1) is 14.8. The van der Waals surface area contributed by atoms with Crippen LogP contribution in [0.2, 0.25) is 0 Å². The van der Waals surface area contributed by atoms with Gasteiger partial charge in [-0.3, -0.25) is 14.5 Å². The van der Waals surface area contributed by atoms with E-state index in [1.54, 1.807) is 12.0 Å². The molecule has 1 heterocycles. The Kier molecular flexibility index (Phi) is 7.94. The van der Waals surface area contributed by atoms with E-state index in [1.165, 1.54) is 12.1 Å². The van der Waals surface area contributed by atoms with E-state index < -0.39 is 11.7 Å². The lowest BCUT2D eigenvalue weighted by molar-refractivity contribution is -0.137. The maximum absolute atomic E-state index is 12.9. The fourth-order valence-corrected chi connectivity index (χ4v) is 4.52. The molecule has 2 fully saturated rings. The van der Waals surface area contributed by atoms with Crippen molar-refractivity contribution in [2.75, 3.05) is 46.4 Å². The summed E-state index contributed by atoms with van der Waals surface area (Å²) in [6.07, 6.45) is -0.135. The van der Waals surface area contributed by atoms with E-state index in [0.717, 1.165) is 37.8 Å². The van der Waals surface area contributed by atoms with Gasteiger partial charge in [0.05, 0.1) is 18.2 Å². The summed E-state index contributed by atoms with van der Waals surface area (Å²) in [5, 5.41) is 2.96. The van der Waals surface area contributed by atoms with Gasteiger partial charge in [0.15, 0.2) is 0 Å². The van der Waals surface area contributed by atoms with Gasteiger partial charge in [-0.05, 0) is 43.0 Å². The van der Waals surface area contributed by atoms with Crippen LogP contribution in [0.4, 0.5) is 13.2 Å². The fraction of sp³-hybridized carbons (Fsp3) is 0.636. The molecule has 1 aromatic rings. The Balaban J connectivity index is 1.60. The highest BCUT2D eigenvalue weighted by Crippen LogP contribution is 2.32. The highest BCUT2D eigenvalue weighted by molar-refractivity contribution is 5.94. The van der Waals surface area contributed by atoms with Crippen LogP contribution in [-0.2, 0) is 15.7 Å². The first-order valence-electron chi connectivity index (χ1n) is 10.8. The third-order valence-corrected chi connectivity index (χ3v) is 6.17. The number of benzene rings is 1. The van der Waals surface area contributed by atoms with Gasteiger partial charge in [-0.2, -0.15) is 13.2 Å². The second-order valence-corrected chi connectivity index (χ2v) is 8.18. The Labute approximate surface area is 180 Å².